The van der Waals surface area contributed by atoms with Crippen LogP contribution in [0.2, 0.25) is 0 Å². The van der Waals surface area contributed by atoms with E-state index in [4.69, 9.17) is 9.47 Å². The highest BCUT2D eigenvalue weighted by Crippen LogP contribution is 2.13. The summed E-state index contributed by atoms with van der Waals surface area (Å²) in [5, 5.41) is 2.64. The summed E-state index contributed by atoms with van der Waals surface area (Å²) >= 11 is 0. The lowest BCUT2D eigenvalue weighted by molar-refractivity contribution is -0.148. The molecule has 2 rings (SSSR count). The molecule has 0 unspecified atom stereocenters. The van der Waals surface area contributed by atoms with Crippen LogP contribution in [-0.4, -0.2) is 36.9 Å². The molecule has 0 fully saturated rings. The van der Waals surface area contributed by atoms with Crippen LogP contribution in [0.15, 0.2) is 54.6 Å². The molecule has 6 nitrogen and oxygen atoms in total. The van der Waals surface area contributed by atoms with Crippen LogP contribution in [0.3, 0.4) is 0 Å². The second kappa shape index (κ2) is 10.4. The molecule has 0 heterocycles. The fourth-order valence-corrected chi connectivity index (χ4v) is 2.57. The van der Waals surface area contributed by atoms with Crippen LogP contribution >= 0.6 is 0 Å². The average molecular weight is 409 g/mol. The largest absolute Gasteiger partial charge is 0.497 e. The number of carbonyl (C=O) groups excluding carboxylic acids is 3. The zero-order chi connectivity index (χ0) is 22.1. The molecule has 0 atom stereocenters. The van der Waals surface area contributed by atoms with Gasteiger partial charge in [0.25, 0.3) is 0 Å². The van der Waals surface area contributed by atoms with Crippen molar-refractivity contribution < 1.29 is 23.9 Å². The first-order valence-electron chi connectivity index (χ1n) is 9.60. The van der Waals surface area contributed by atoms with Crippen LogP contribution in [0.4, 0.5) is 0 Å². The van der Waals surface area contributed by atoms with Gasteiger partial charge < -0.3 is 14.8 Å². The SMILES string of the molecule is COc1cccc(C(=O)CNC(=O)Cc2ccc(/C=C/C(=O)OC(C)(C)C)cc2)c1. The summed E-state index contributed by atoms with van der Waals surface area (Å²) in [6, 6.07) is 14.0. The summed E-state index contributed by atoms with van der Waals surface area (Å²) in [4.78, 5) is 36.1. The van der Waals surface area contributed by atoms with Gasteiger partial charge in [-0.1, -0.05) is 36.4 Å². The number of hydrogen-bond acceptors (Lipinski definition) is 5. The lowest BCUT2D eigenvalue weighted by atomic mass is 10.1. The lowest BCUT2D eigenvalue weighted by Gasteiger charge is -2.17. The van der Waals surface area contributed by atoms with E-state index in [1.165, 1.54) is 13.2 Å². The molecule has 158 valence electrons. The van der Waals surface area contributed by atoms with Crippen molar-refractivity contribution in [1.29, 1.82) is 0 Å². The quantitative estimate of drug-likeness (QED) is 0.409. The standard InChI is InChI=1S/C24H27NO5/c1-24(2,3)30-23(28)13-12-17-8-10-18(11-9-17)14-22(27)25-16-21(26)19-6-5-7-20(15-19)29-4/h5-13,15H,14,16H2,1-4H3,(H,25,27)/b13-12+. The molecule has 30 heavy (non-hydrogen) atoms. The van der Waals surface area contributed by atoms with E-state index >= 15 is 0 Å². The van der Waals surface area contributed by atoms with Gasteiger partial charge in [0.05, 0.1) is 20.1 Å². The minimum atomic E-state index is -0.535. The second-order valence-electron chi connectivity index (χ2n) is 7.72. The predicted octanol–water partition coefficient (Wildman–Crippen LogP) is 3.59. The van der Waals surface area contributed by atoms with Crippen molar-refractivity contribution in [2.45, 2.75) is 32.8 Å². The van der Waals surface area contributed by atoms with Gasteiger partial charge in [-0.25, -0.2) is 4.79 Å². The normalized spacial score (nSPS) is 11.2. The third-order valence-corrected chi connectivity index (χ3v) is 4.00. The maximum Gasteiger partial charge on any atom is 0.331 e. The Morgan fingerprint density at radius 2 is 1.73 bits per heavy atom. The molecule has 0 bridgehead atoms. The number of nitrogens with one attached hydrogen (secondary N) is 1. The molecule has 1 amide bonds. The molecule has 0 aliphatic carbocycles. The number of carbonyl (C=O) groups is 3. The highest BCUT2D eigenvalue weighted by molar-refractivity contribution is 5.99. The summed E-state index contributed by atoms with van der Waals surface area (Å²) in [7, 11) is 1.53. The van der Waals surface area contributed by atoms with Gasteiger partial charge >= 0.3 is 5.97 Å². The van der Waals surface area contributed by atoms with Crippen LogP contribution in [0.25, 0.3) is 6.08 Å². The fraction of sp³-hybridized carbons (Fsp3) is 0.292. The van der Waals surface area contributed by atoms with Gasteiger partial charge in [0.1, 0.15) is 11.4 Å². The molecule has 0 spiro atoms. The van der Waals surface area contributed by atoms with Crippen LogP contribution in [0.1, 0.15) is 42.3 Å². The van der Waals surface area contributed by atoms with Gasteiger partial charge in [0.15, 0.2) is 5.78 Å². The number of hydrogen-bond donors (Lipinski definition) is 1. The molecule has 0 aromatic heterocycles. The van der Waals surface area contributed by atoms with Crippen molar-refractivity contribution in [1.82, 2.24) is 5.32 Å². The summed E-state index contributed by atoms with van der Waals surface area (Å²) in [6.07, 6.45) is 3.18. The number of ketones is 1. The van der Waals surface area contributed by atoms with E-state index in [-0.39, 0.29) is 24.7 Å². The molecular weight excluding hydrogens is 382 g/mol. The molecule has 0 aliphatic rings. The Morgan fingerprint density at radius 3 is 2.37 bits per heavy atom. The minimum absolute atomic E-state index is 0.0806. The predicted molar refractivity (Wildman–Crippen MR) is 115 cm³/mol. The van der Waals surface area contributed by atoms with Gasteiger partial charge in [0.2, 0.25) is 5.91 Å². The highest BCUT2D eigenvalue weighted by Gasteiger charge is 2.14. The number of ether oxygens (including phenoxy) is 2. The van der Waals surface area contributed by atoms with Crippen molar-refractivity contribution >= 4 is 23.7 Å². The first-order valence-corrected chi connectivity index (χ1v) is 9.60. The average Bonchev–Trinajstić information content (AvgIpc) is 2.70. The summed E-state index contributed by atoms with van der Waals surface area (Å²) in [5.41, 5.74) is 1.57. The molecule has 6 heteroatoms. The maximum absolute atomic E-state index is 12.2. The highest BCUT2D eigenvalue weighted by atomic mass is 16.6. The third kappa shape index (κ3) is 7.91. The first-order chi connectivity index (χ1) is 14.2. The topological polar surface area (TPSA) is 81.7 Å². The molecule has 0 radical (unpaired) electrons. The zero-order valence-electron chi connectivity index (χ0n) is 17.7. The van der Waals surface area contributed by atoms with Crippen LogP contribution in [-0.2, 0) is 20.7 Å². The van der Waals surface area contributed by atoms with E-state index in [9.17, 15) is 14.4 Å². The van der Waals surface area contributed by atoms with Crippen molar-refractivity contribution in [3.63, 3.8) is 0 Å². The Bertz CT molecular complexity index is 923. The Labute approximate surface area is 176 Å². The molecule has 0 aliphatic heterocycles. The number of amides is 1. The fourth-order valence-electron chi connectivity index (χ4n) is 2.57. The zero-order valence-corrected chi connectivity index (χ0v) is 17.7. The van der Waals surface area contributed by atoms with Gasteiger partial charge in [-0.3, -0.25) is 9.59 Å². The van der Waals surface area contributed by atoms with Crippen LogP contribution in [0.5, 0.6) is 5.75 Å². The van der Waals surface area contributed by atoms with Gasteiger partial charge in [-0.05, 0) is 50.1 Å². The molecule has 2 aromatic rings. The van der Waals surface area contributed by atoms with Gasteiger partial charge in [-0.15, -0.1) is 0 Å². The van der Waals surface area contributed by atoms with Crippen LogP contribution in [0, 0.1) is 0 Å². The van der Waals surface area contributed by atoms with Crippen LogP contribution < -0.4 is 10.1 Å². The van der Waals surface area contributed by atoms with Crippen molar-refractivity contribution in [3.8, 4) is 5.75 Å². The van der Waals surface area contributed by atoms with E-state index < -0.39 is 11.6 Å². The lowest BCUT2D eigenvalue weighted by Crippen LogP contribution is -2.30. The number of rotatable bonds is 8. The van der Waals surface area contributed by atoms with Gasteiger partial charge in [0, 0.05) is 11.6 Å². The van der Waals surface area contributed by atoms with E-state index in [1.807, 2.05) is 32.9 Å². The Hall–Kier alpha value is -3.41. The van der Waals surface area contributed by atoms with Crippen molar-refractivity contribution in [2.24, 2.45) is 0 Å². The van der Waals surface area contributed by atoms with E-state index in [0.717, 1.165) is 11.1 Å². The molecule has 0 saturated heterocycles. The smallest absolute Gasteiger partial charge is 0.331 e. The monoisotopic (exact) mass is 409 g/mol. The van der Waals surface area contributed by atoms with Crippen molar-refractivity contribution in [3.05, 3.63) is 71.3 Å². The Kier molecular flexibility index (Phi) is 7.92. The minimum Gasteiger partial charge on any atom is -0.497 e. The first kappa shape index (κ1) is 22.9. The number of benzene rings is 2. The second-order valence-corrected chi connectivity index (χ2v) is 7.72. The molecule has 0 saturated carbocycles. The summed E-state index contributed by atoms with van der Waals surface area (Å²) in [6.45, 7) is 5.34. The van der Waals surface area contributed by atoms with Gasteiger partial charge in [-0.2, -0.15) is 0 Å². The third-order valence-electron chi connectivity index (χ3n) is 4.00. The molecular formula is C24H27NO5. The van der Waals surface area contributed by atoms with Crippen molar-refractivity contribution in [2.75, 3.05) is 13.7 Å². The maximum atomic E-state index is 12.2. The summed E-state index contributed by atoms with van der Waals surface area (Å²) < 4.78 is 10.3. The summed E-state index contributed by atoms with van der Waals surface area (Å²) in [5.74, 6) is -0.257. The molecule has 2 aromatic carbocycles. The number of Topliss-reactive ketones (excluding diaryl/α,β-unsaturated/α-hetero) is 1. The van der Waals surface area contributed by atoms with E-state index in [2.05, 4.69) is 5.32 Å². The number of methoxy groups -OCH3 is 1. The van der Waals surface area contributed by atoms with E-state index in [1.54, 1.807) is 42.5 Å². The van der Waals surface area contributed by atoms with E-state index in [0.29, 0.717) is 11.3 Å². The Balaban J connectivity index is 1.84. The molecule has 1 N–H and O–H groups in total. The number of esters is 1. The Morgan fingerprint density at radius 1 is 1.03 bits per heavy atom.